The van der Waals surface area contributed by atoms with Crippen LogP contribution in [-0.2, 0) is 0 Å². The minimum absolute atomic E-state index is 0.0165. The zero-order chi connectivity index (χ0) is 16.9. The van der Waals surface area contributed by atoms with Gasteiger partial charge < -0.3 is 15.1 Å². The van der Waals surface area contributed by atoms with E-state index >= 15 is 0 Å². The van der Waals surface area contributed by atoms with E-state index in [2.05, 4.69) is 18.3 Å². The third-order valence-corrected chi connectivity index (χ3v) is 5.67. The molecule has 2 heterocycles. The molecule has 1 aromatic heterocycles. The molecule has 1 saturated heterocycles. The van der Waals surface area contributed by atoms with Crippen LogP contribution in [0.1, 0.15) is 42.3 Å². The van der Waals surface area contributed by atoms with Crippen molar-refractivity contribution in [2.45, 2.75) is 38.6 Å². The van der Waals surface area contributed by atoms with Gasteiger partial charge in [-0.1, -0.05) is 17.7 Å². The first-order valence-corrected chi connectivity index (χ1v) is 9.60. The van der Waals surface area contributed by atoms with E-state index in [0.717, 1.165) is 17.7 Å². The Hall–Kier alpha value is -1.82. The van der Waals surface area contributed by atoms with E-state index in [1.165, 1.54) is 29.8 Å². The van der Waals surface area contributed by atoms with Crippen molar-refractivity contribution in [1.29, 1.82) is 0 Å². The van der Waals surface area contributed by atoms with Gasteiger partial charge in [0.1, 0.15) is 0 Å². The molecule has 2 aliphatic rings. The zero-order valence-corrected chi connectivity index (χ0v) is 15.0. The van der Waals surface area contributed by atoms with Crippen molar-refractivity contribution in [3.63, 3.8) is 0 Å². The Morgan fingerprint density at radius 1 is 1.17 bits per heavy atom. The Morgan fingerprint density at radius 2 is 1.92 bits per heavy atom. The highest BCUT2D eigenvalue weighted by atomic mass is 32.1. The largest absolute Gasteiger partial charge is 0.334 e. The number of rotatable bonds is 3. The standard InChI is InChI=1S/C18H25N3O2S/c1-14(15-6-3-2-4-7-15)19-18(23)21-11-9-20(10-12-21)17(22)16-8-5-13-24-16/h5-6,8,13-14H,2-4,7,9-12H2,1H3,(H,19,23)/t14-/m0/s1. The summed E-state index contributed by atoms with van der Waals surface area (Å²) in [6, 6.07) is 3.83. The van der Waals surface area contributed by atoms with Crippen molar-refractivity contribution in [1.82, 2.24) is 15.1 Å². The van der Waals surface area contributed by atoms with Crippen LogP contribution in [0.15, 0.2) is 29.2 Å². The van der Waals surface area contributed by atoms with Crippen LogP contribution in [0.3, 0.4) is 0 Å². The van der Waals surface area contributed by atoms with Crippen LogP contribution in [0, 0.1) is 0 Å². The fourth-order valence-corrected chi connectivity index (χ4v) is 3.98. The fraction of sp³-hybridized carbons (Fsp3) is 0.556. The maximum atomic E-state index is 12.4. The Labute approximate surface area is 147 Å². The average molecular weight is 347 g/mol. The predicted octanol–water partition coefficient (Wildman–Crippen LogP) is 3.10. The van der Waals surface area contributed by atoms with Gasteiger partial charge in [0, 0.05) is 32.2 Å². The predicted molar refractivity (Wildman–Crippen MR) is 96.3 cm³/mol. The van der Waals surface area contributed by atoms with Crippen LogP contribution in [0.25, 0.3) is 0 Å². The molecule has 130 valence electrons. The highest BCUT2D eigenvalue weighted by Gasteiger charge is 2.26. The smallest absolute Gasteiger partial charge is 0.317 e. The molecule has 0 radical (unpaired) electrons. The Bertz CT molecular complexity index is 604. The van der Waals surface area contributed by atoms with Crippen molar-refractivity contribution in [3.8, 4) is 0 Å². The first-order chi connectivity index (χ1) is 11.6. The summed E-state index contributed by atoms with van der Waals surface area (Å²) in [7, 11) is 0. The van der Waals surface area contributed by atoms with E-state index in [1.54, 1.807) is 0 Å². The molecule has 3 amide bonds. The average Bonchev–Trinajstić information content (AvgIpc) is 3.16. The number of piperazine rings is 1. The van der Waals surface area contributed by atoms with Crippen LogP contribution < -0.4 is 5.32 Å². The summed E-state index contributed by atoms with van der Waals surface area (Å²) in [5, 5.41) is 5.02. The van der Waals surface area contributed by atoms with Crippen LogP contribution in [0.5, 0.6) is 0 Å². The zero-order valence-electron chi connectivity index (χ0n) is 14.2. The second kappa shape index (κ2) is 7.83. The van der Waals surface area contributed by atoms with Gasteiger partial charge in [-0.25, -0.2) is 4.79 Å². The molecule has 24 heavy (non-hydrogen) atoms. The normalized spacial score (nSPS) is 19.6. The topological polar surface area (TPSA) is 52.7 Å². The molecule has 1 atom stereocenters. The molecule has 1 fully saturated rings. The van der Waals surface area contributed by atoms with Crippen LogP contribution in [0.2, 0.25) is 0 Å². The lowest BCUT2D eigenvalue weighted by Gasteiger charge is -2.35. The number of urea groups is 1. The Morgan fingerprint density at radius 3 is 2.54 bits per heavy atom. The van der Waals surface area contributed by atoms with Crippen LogP contribution in [-0.4, -0.2) is 54.0 Å². The van der Waals surface area contributed by atoms with Gasteiger partial charge >= 0.3 is 6.03 Å². The summed E-state index contributed by atoms with van der Waals surface area (Å²) in [5.74, 6) is 0.0748. The number of allylic oxidation sites excluding steroid dienone is 1. The first-order valence-electron chi connectivity index (χ1n) is 8.72. The molecule has 5 nitrogen and oxygen atoms in total. The lowest BCUT2D eigenvalue weighted by atomic mass is 9.95. The number of amides is 3. The van der Waals surface area contributed by atoms with Gasteiger partial charge in [0.05, 0.1) is 4.88 Å². The summed E-state index contributed by atoms with van der Waals surface area (Å²) in [6.07, 6.45) is 6.95. The van der Waals surface area contributed by atoms with E-state index in [1.807, 2.05) is 27.3 Å². The SMILES string of the molecule is C[C@H](NC(=O)N1CCN(C(=O)c2cccs2)CC1)C1=CCCCC1. The summed E-state index contributed by atoms with van der Waals surface area (Å²) in [4.78, 5) is 29.2. The van der Waals surface area contributed by atoms with Crippen LogP contribution >= 0.6 is 11.3 Å². The molecule has 3 rings (SSSR count). The summed E-state index contributed by atoms with van der Waals surface area (Å²) < 4.78 is 0. The van der Waals surface area contributed by atoms with Gasteiger partial charge in [-0.15, -0.1) is 11.3 Å². The number of hydrogen-bond donors (Lipinski definition) is 1. The van der Waals surface area contributed by atoms with Gasteiger partial charge in [0.25, 0.3) is 5.91 Å². The number of carbonyl (C=O) groups is 2. The van der Waals surface area contributed by atoms with E-state index < -0.39 is 0 Å². The van der Waals surface area contributed by atoms with Crippen molar-refractivity contribution >= 4 is 23.3 Å². The monoisotopic (exact) mass is 347 g/mol. The molecular weight excluding hydrogens is 322 g/mol. The quantitative estimate of drug-likeness (QED) is 0.854. The number of nitrogens with zero attached hydrogens (tertiary/aromatic N) is 2. The third kappa shape index (κ3) is 3.98. The van der Waals surface area contributed by atoms with Gasteiger partial charge in [-0.3, -0.25) is 4.79 Å². The second-order valence-electron chi connectivity index (χ2n) is 6.45. The minimum Gasteiger partial charge on any atom is -0.334 e. The van der Waals surface area contributed by atoms with Crippen molar-refractivity contribution < 1.29 is 9.59 Å². The highest BCUT2D eigenvalue weighted by Crippen LogP contribution is 2.20. The van der Waals surface area contributed by atoms with Crippen molar-refractivity contribution in [2.24, 2.45) is 0 Å². The Kier molecular flexibility index (Phi) is 5.56. The van der Waals surface area contributed by atoms with E-state index in [9.17, 15) is 9.59 Å². The van der Waals surface area contributed by atoms with Crippen molar-refractivity contribution in [2.75, 3.05) is 26.2 Å². The molecular formula is C18H25N3O2S. The number of hydrogen-bond acceptors (Lipinski definition) is 3. The minimum atomic E-state index is -0.0165. The van der Waals surface area contributed by atoms with Gasteiger partial charge in [0.2, 0.25) is 0 Å². The van der Waals surface area contributed by atoms with E-state index in [4.69, 9.17) is 0 Å². The summed E-state index contributed by atoms with van der Waals surface area (Å²) >= 11 is 1.47. The molecule has 0 bridgehead atoms. The molecule has 0 aromatic carbocycles. The second-order valence-corrected chi connectivity index (χ2v) is 7.40. The summed E-state index contributed by atoms with van der Waals surface area (Å²) in [5.41, 5.74) is 1.35. The van der Waals surface area contributed by atoms with E-state index in [0.29, 0.717) is 26.2 Å². The lowest BCUT2D eigenvalue weighted by molar-refractivity contribution is 0.0669. The lowest BCUT2D eigenvalue weighted by Crippen LogP contribution is -2.54. The number of carbonyl (C=O) groups excluding carboxylic acids is 2. The summed E-state index contributed by atoms with van der Waals surface area (Å²) in [6.45, 7) is 4.44. The first kappa shape index (κ1) is 17.0. The Balaban J connectivity index is 1.48. The molecule has 1 aliphatic carbocycles. The highest BCUT2D eigenvalue weighted by molar-refractivity contribution is 7.12. The molecule has 1 N–H and O–H groups in total. The van der Waals surface area contributed by atoms with E-state index in [-0.39, 0.29) is 18.0 Å². The molecule has 0 spiro atoms. The van der Waals surface area contributed by atoms with Gasteiger partial charge in [-0.2, -0.15) is 0 Å². The molecule has 1 aliphatic heterocycles. The van der Waals surface area contributed by atoms with Crippen molar-refractivity contribution in [3.05, 3.63) is 34.0 Å². The number of nitrogens with one attached hydrogen (secondary N) is 1. The fourth-order valence-electron chi connectivity index (χ4n) is 3.29. The molecule has 6 heteroatoms. The maximum Gasteiger partial charge on any atom is 0.317 e. The third-order valence-electron chi connectivity index (χ3n) is 4.81. The number of thiophene rings is 1. The molecule has 0 saturated carbocycles. The maximum absolute atomic E-state index is 12.4. The molecule has 0 unspecified atom stereocenters. The van der Waals surface area contributed by atoms with Crippen LogP contribution in [0.4, 0.5) is 4.79 Å². The van der Waals surface area contributed by atoms with Gasteiger partial charge in [-0.05, 0) is 44.1 Å². The molecule has 1 aromatic rings. The van der Waals surface area contributed by atoms with Gasteiger partial charge in [0.15, 0.2) is 0 Å².